The van der Waals surface area contributed by atoms with Gasteiger partial charge in [-0.05, 0) is 89.8 Å². The molecule has 4 aromatic carbocycles. The maximum Gasteiger partial charge on any atom is 0.0633 e. The van der Waals surface area contributed by atoms with Gasteiger partial charge >= 0.3 is 0 Å². The molecule has 194 valence electrons. The minimum Gasteiger partial charge on any atom is -0.253 e. The van der Waals surface area contributed by atoms with Gasteiger partial charge < -0.3 is 0 Å². The zero-order chi connectivity index (χ0) is 27.5. The maximum atomic E-state index is 5.03. The third-order valence-corrected chi connectivity index (χ3v) is 7.94. The van der Waals surface area contributed by atoms with Crippen LogP contribution in [0.3, 0.4) is 0 Å². The van der Waals surface area contributed by atoms with Crippen molar-refractivity contribution in [1.82, 2.24) is 0 Å². The second-order valence-corrected chi connectivity index (χ2v) is 10.8. The molecule has 1 heteroatoms. The molecule has 0 amide bonds. The van der Waals surface area contributed by atoms with E-state index < -0.39 is 0 Å². The number of nitrogens with zero attached hydrogens (tertiary/aromatic N) is 1. The number of aliphatic imine (C=N–C) groups is 1. The molecule has 2 atom stereocenters. The molecular weight excluding hydrogens is 470 g/mol. The van der Waals surface area contributed by atoms with E-state index in [0.717, 1.165) is 22.5 Å². The molecule has 0 fully saturated rings. The number of benzene rings is 4. The third kappa shape index (κ3) is 5.49. The largest absolute Gasteiger partial charge is 0.253 e. The Kier molecular flexibility index (Phi) is 7.61. The molecule has 0 heterocycles. The highest BCUT2D eigenvalue weighted by Crippen LogP contribution is 2.39. The van der Waals surface area contributed by atoms with Gasteiger partial charge in [-0.15, -0.1) is 0 Å². The van der Waals surface area contributed by atoms with E-state index in [9.17, 15) is 0 Å². The lowest BCUT2D eigenvalue weighted by molar-refractivity contribution is 0.634. The first-order chi connectivity index (χ1) is 18.8. The normalized spacial score (nSPS) is 17.2. The quantitative estimate of drug-likeness (QED) is 0.230. The first kappa shape index (κ1) is 26.4. The molecule has 0 radical (unpaired) electrons. The van der Waals surface area contributed by atoms with Crippen LogP contribution in [0.1, 0.15) is 58.7 Å². The lowest BCUT2D eigenvalue weighted by Gasteiger charge is -2.26. The molecule has 0 N–H and O–H groups in total. The van der Waals surface area contributed by atoms with Crippen molar-refractivity contribution >= 4 is 17.0 Å². The van der Waals surface area contributed by atoms with Gasteiger partial charge in [0.25, 0.3) is 0 Å². The van der Waals surface area contributed by atoms with Crippen molar-refractivity contribution in [3.05, 3.63) is 155 Å². The van der Waals surface area contributed by atoms with Gasteiger partial charge in [0.15, 0.2) is 0 Å². The number of aryl methyl sites for hydroxylation is 3. The Bertz CT molecular complexity index is 1610. The van der Waals surface area contributed by atoms with Crippen LogP contribution in [0.5, 0.6) is 0 Å². The molecule has 4 aromatic rings. The summed E-state index contributed by atoms with van der Waals surface area (Å²) in [6.45, 7) is 15.3. The van der Waals surface area contributed by atoms with Crippen molar-refractivity contribution in [2.24, 2.45) is 10.9 Å². The van der Waals surface area contributed by atoms with Gasteiger partial charge in [0, 0.05) is 17.2 Å². The average molecular weight is 508 g/mol. The predicted molar refractivity (Wildman–Crippen MR) is 169 cm³/mol. The summed E-state index contributed by atoms with van der Waals surface area (Å²) in [5, 5.41) is 0. The second-order valence-electron chi connectivity index (χ2n) is 10.8. The van der Waals surface area contributed by atoms with Gasteiger partial charge in [-0.2, -0.15) is 0 Å². The van der Waals surface area contributed by atoms with Crippen LogP contribution in [-0.2, 0) is 0 Å². The Morgan fingerprint density at radius 2 is 1.44 bits per heavy atom. The van der Waals surface area contributed by atoms with Crippen molar-refractivity contribution in [3.63, 3.8) is 0 Å². The van der Waals surface area contributed by atoms with E-state index in [1.54, 1.807) is 0 Å². The summed E-state index contributed by atoms with van der Waals surface area (Å²) in [7, 11) is 0. The van der Waals surface area contributed by atoms with Crippen LogP contribution in [0.2, 0.25) is 0 Å². The van der Waals surface area contributed by atoms with Gasteiger partial charge in [0.1, 0.15) is 0 Å². The summed E-state index contributed by atoms with van der Waals surface area (Å²) < 4.78 is 0. The van der Waals surface area contributed by atoms with Crippen molar-refractivity contribution in [3.8, 4) is 11.1 Å². The van der Waals surface area contributed by atoms with Gasteiger partial charge in [0.2, 0.25) is 0 Å². The van der Waals surface area contributed by atoms with E-state index in [1.165, 1.54) is 44.5 Å². The molecule has 0 aromatic heterocycles. The van der Waals surface area contributed by atoms with E-state index in [1.807, 2.05) is 18.2 Å². The fraction of sp³-hybridized carbons (Fsp3) is 0.184. The van der Waals surface area contributed by atoms with Gasteiger partial charge in [0.05, 0.1) is 5.70 Å². The Hall–Kier alpha value is -4.23. The van der Waals surface area contributed by atoms with Gasteiger partial charge in [-0.25, -0.2) is 0 Å². The molecule has 1 aliphatic carbocycles. The fourth-order valence-corrected chi connectivity index (χ4v) is 5.71. The van der Waals surface area contributed by atoms with E-state index in [4.69, 9.17) is 4.99 Å². The molecule has 0 saturated carbocycles. The molecule has 0 bridgehead atoms. The summed E-state index contributed by atoms with van der Waals surface area (Å²) in [5.41, 5.74) is 14.1. The summed E-state index contributed by atoms with van der Waals surface area (Å²) in [6.07, 6.45) is 7.10. The summed E-state index contributed by atoms with van der Waals surface area (Å²) in [4.78, 5) is 5.03. The zero-order valence-electron chi connectivity index (χ0n) is 23.7. The smallest absolute Gasteiger partial charge is 0.0633 e. The predicted octanol–water partition coefficient (Wildman–Crippen LogP) is 10.1. The van der Waals surface area contributed by atoms with Gasteiger partial charge in [-0.3, -0.25) is 4.99 Å². The first-order valence-electron chi connectivity index (χ1n) is 13.8. The summed E-state index contributed by atoms with van der Waals surface area (Å²) in [5.74, 6) is 0.790. The fourth-order valence-electron chi connectivity index (χ4n) is 5.71. The molecule has 1 aliphatic rings. The van der Waals surface area contributed by atoms with Crippen molar-refractivity contribution < 1.29 is 0 Å². The van der Waals surface area contributed by atoms with Crippen molar-refractivity contribution in [2.75, 3.05) is 0 Å². The van der Waals surface area contributed by atoms with Crippen LogP contribution in [0, 0.1) is 26.7 Å². The third-order valence-electron chi connectivity index (χ3n) is 7.94. The zero-order valence-corrected chi connectivity index (χ0v) is 23.7. The number of hydrogen-bond donors (Lipinski definition) is 0. The van der Waals surface area contributed by atoms with Crippen molar-refractivity contribution in [2.45, 2.75) is 40.5 Å². The van der Waals surface area contributed by atoms with Crippen LogP contribution in [0.15, 0.2) is 121 Å². The Morgan fingerprint density at radius 3 is 2.15 bits per heavy atom. The first-order valence-corrected chi connectivity index (χ1v) is 13.8. The Balaban J connectivity index is 1.66. The monoisotopic (exact) mass is 507 g/mol. The highest BCUT2D eigenvalue weighted by Gasteiger charge is 2.22. The average Bonchev–Trinajstić information content (AvgIpc) is 2.94. The maximum absolute atomic E-state index is 5.03. The van der Waals surface area contributed by atoms with Gasteiger partial charge in [-0.1, -0.05) is 117 Å². The standard InChI is InChI=1S/C38H37N/c1-25-14-10-12-18-34(25)36-23-32(21-20-27(36)3)33-22-28(4)38(35-19-13-11-15-26(35)2)37(24-33)30(6)39-29(5)31-16-8-7-9-17-31/h7-24,27,36H,5H2,1-4,6H3/b39-30+. The topological polar surface area (TPSA) is 12.4 Å². The molecule has 0 aliphatic heterocycles. The molecule has 5 rings (SSSR count). The molecule has 39 heavy (non-hydrogen) atoms. The Morgan fingerprint density at radius 1 is 0.769 bits per heavy atom. The summed E-state index contributed by atoms with van der Waals surface area (Å²) in [6, 6.07) is 32.3. The van der Waals surface area contributed by atoms with Crippen LogP contribution in [0.25, 0.3) is 22.4 Å². The van der Waals surface area contributed by atoms with E-state index in [0.29, 0.717) is 11.8 Å². The minimum atomic E-state index is 0.346. The second kappa shape index (κ2) is 11.3. The van der Waals surface area contributed by atoms with Crippen LogP contribution in [0.4, 0.5) is 0 Å². The highest BCUT2D eigenvalue weighted by molar-refractivity contribution is 6.08. The molecule has 0 spiro atoms. The number of allylic oxidation sites excluding steroid dienone is 4. The number of rotatable bonds is 6. The van der Waals surface area contributed by atoms with E-state index >= 15 is 0 Å². The highest BCUT2D eigenvalue weighted by atomic mass is 14.8. The van der Waals surface area contributed by atoms with E-state index in [-0.39, 0.29) is 0 Å². The summed E-state index contributed by atoms with van der Waals surface area (Å²) >= 11 is 0. The lowest BCUT2D eigenvalue weighted by atomic mass is 9.78. The van der Waals surface area contributed by atoms with Crippen molar-refractivity contribution in [1.29, 1.82) is 0 Å². The van der Waals surface area contributed by atoms with E-state index in [2.05, 4.69) is 132 Å². The SMILES string of the molecule is C=C(/N=C(\C)c1cc(C2=CC(c3ccccc3C)C(C)C=C2)cc(C)c1-c1ccccc1C)c1ccccc1. The molecule has 1 nitrogen and oxygen atoms in total. The minimum absolute atomic E-state index is 0.346. The molecular formula is C38H37N. The number of hydrogen-bond acceptors (Lipinski definition) is 1. The Labute approximate surface area is 234 Å². The van der Waals surface area contributed by atoms with Crippen LogP contribution in [-0.4, -0.2) is 5.71 Å². The van der Waals surface area contributed by atoms with Crippen LogP contribution < -0.4 is 0 Å². The molecule has 2 unspecified atom stereocenters. The molecule has 0 saturated heterocycles. The van der Waals surface area contributed by atoms with Crippen LogP contribution >= 0.6 is 0 Å². The lowest BCUT2D eigenvalue weighted by Crippen LogP contribution is -2.11.